The van der Waals surface area contributed by atoms with Crippen LogP contribution < -0.4 is 5.32 Å². The van der Waals surface area contributed by atoms with Crippen LogP contribution in [0.4, 0.5) is 8.78 Å². The Bertz CT molecular complexity index is 599. The van der Waals surface area contributed by atoms with Crippen molar-refractivity contribution in [3.05, 3.63) is 69.7 Å². The minimum absolute atomic E-state index is 0.138. The molecule has 0 aliphatic rings. The van der Waals surface area contributed by atoms with Gasteiger partial charge in [-0.2, -0.15) is 0 Å². The summed E-state index contributed by atoms with van der Waals surface area (Å²) < 4.78 is 26.6. The van der Waals surface area contributed by atoms with E-state index >= 15 is 0 Å². The lowest BCUT2D eigenvalue weighted by molar-refractivity contribution is 0.588. The molecule has 0 atom stereocenters. The van der Waals surface area contributed by atoms with Crippen molar-refractivity contribution >= 4 is 11.6 Å². The molecule has 0 saturated heterocycles. The van der Waals surface area contributed by atoms with E-state index in [9.17, 15) is 8.78 Å². The Labute approximate surface area is 122 Å². The van der Waals surface area contributed by atoms with Crippen molar-refractivity contribution in [3.63, 3.8) is 0 Å². The van der Waals surface area contributed by atoms with Crippen molar-refractivity contribution in [3.8, 4) is 0 Å². The van der Waals surface area contributed by atoms with E-state index in [0.29, 0.717) is 18.7 Å². The molecule has 0 fully saturated rings. The van der Waals surface area contributed by atoms with Crippen molar-refractivity contribution in [1.29, 1.82) is 0 Å². The van der Waals surface area contributed by atoms with Crippen LogP contribution in [0.3, 0.4) is 0 Å². The molecule has 1 nitrogen and oxygen atoms in total. The van der Waals surface area contributed by atoms with Gasteiger partial charge >= 0.3 is 0 Å². The smallest absolute Gasteiger partial charge is 0.146 e. The van der Waals surface area contributed by atoms with Crippen LogP contribution in [0.2, 0.25) is 5.02 Å². The first-order valence-electron chi connectivity index (χ1n) is 6.46. The SMILES string of the molecule is Cc1cc(F)ccc1CCNCc1cccc(Cl)c1F. The minimum Gasteiger partial charge on any atom is -0.312 e. The van der Waals surface area contributed by atoms with E-state index in [2.05, 4.69) is 5.32 Å². The summed E-state index contributed by atoms with van der Waals surface area (Å²) in [4.78, 5) is 0. The molecule has 0 bridgehead atoms. The summed E-state index contributed by atoms with van der Waals surface area (Å²) in [7, 11) is 0. The second kappa shape index (κ2) is 6.82. The third kappa shape index (κ3) is 3.78. The van der Waals surface area contributed by atoms with Crippen LogP contribution in [-0.4, -0.2) is 6.54 Å². The average molecular weight is 296 g/mol. The van der Waals surface area contributed by atoms with Gasteiger partial charge in [-0.3, -0.25) is 0 Å². The lowest BCUT2D eigenvalue weighted by atomic mass is 10.1. The maximum atomic E-state index is 13.6. The molecule has 1 N–H and O–H groups in total. The maximum Gasteiger partial charge on any atom is 0.146 e. The number of rotatable bonds is 5. The van der Waals surface area contributed by atoms with E-state index < -0.39 is 0 Å². The Kier molecular flexibility index (Phi) is 5.10. The van der Waals surface area contributed by atoms with Crippen molar-refractivity contribution in [2.45, 2.75) is 19.9 Å². The summed E-state index contributed by atoms with van der Waals surface area (Å²) in [5.41, 5.74) is 2.57. The Morgan fingerprint density at radius 3 is 2.65 bits per heavy atom. The largest absolute Gasteiger partial charge is 0.312 e. The number of hydrogen-bond donors (Lipinski definition) is 1. The van der Waals surface area contributed by atoms with E-state index in [1.165, 1.54) is 18.2 Å². The fourth-order valence-corrected chi connectivity index (χ4v) is 2.27. The highest BCUT2D eigenvalue weighted by atomic mass is 35.5. The summed E-state index contributed by atoms with van der Waals surface area (Å²) >= 11 is 5.72. The van der Waals surface area contributed by atoms with Gasteiger partial charge in [0.2, 0.25) is 0 Å². The van der Waals surface area contributed by atoms with E-state index in [4.69, 9.17) is 11.6 Å². The number of halogens is 3. The molecule has 2 aromatic carbocycles. The molecule has 0 saturated carbocycles. The van der Waals surface area contributed by atoms with E-state index in [0.717, 1.165) is 17.5 Å². The lowest BCUT2D eigenvalue weighted by Crippen LogP contribution is -2.18. The van der Waals surface area contributed by atoms with Crippen molar-refractivity contribution < 1.29 is 8.78 Å². The Balaban J connectivity index is 1.86. The molecule has 2 rings (SSSR count). The van der Waals surface area contributed by atoms with Gasteiger partial charge < -0.3 is 5.32 Å². The van der Waals surface area contributed by atoms with Crippen molar-refractivity contribution in [1.82, 2.24) is 5.32 Å². The molecular formula is C16H16ClF2N. The second-order valence-electron chi connectivity index (χ2n) is 4.71. The minimum atomic E-state index is -0.375. The van der Waals surface area contributed by atoms with Gasteiger partial charge in [-0.1, -0.05) is 29.8 Å². The van der Waals surface area contributed by atoms with Gasteiger partial charge in [0.05, 0.1) is 5.02 Å². The molecule has 2 aromatic rings. The average Bonchev–Trinajstić information content (AvgIpc) is 2.41. The summed E-state index contributed by atoms with van der Waals surface area (Å²) in [5.74, 6) is -0.597. The third-order valence-corrected chi connectivity index (χ3v) is 3.51. The standard InChI is InChI=1S/C16H16ClF2N/c1-11-9-14(18)6-5-12(11)7-8-20-10-13-3-2-4-15(17)16(13)19/h2-6,9,20H,7-8,10H2,1H3. The highest BCUT2D eigenvalue weighted by Crippen LogP contribution is 2.17. The van der Waals surface area contributed by atoms with E-state index in [-0.39, 0.29) is 16.7 Å². The molecule has 0 heterocycles. The van der Waals surface area contributed by atoms with Gasteiger partial charge in [-0.05, 0) is 49.2 Å². The number of aryl methyl sites for hydroxylation is 1. The second-order valence-corrected chi connectivity index (χ2v) is 5.12. The lowest BCUT2D eigenvalue weighted by Gasteiger charge is -2.09. The van der Waals surface area contributed by atoms with Crippen LogP contribution in [-0.2, 0) is 13.0 Å². The van der Waals surface area contributed by atoms with Gasteiger partial charge in [-0.25, -0.2) is 8.78 Å². The Morgan fingerprint density at radius 2 is 1.90 bits per heavy atom. The first-order chi connectivity index (χ1) is 9.58. The molecule has 106 valence electrons. The number of benzene rings is 2. The normalized spacial score (nSPS) is 10.8. The Morgan fingerprint density at radius 1 is 1.10 bits per heavy atom. The molecular weight excluding hydrogens is 280 g/mol. The topological polar surface area (TPSA) is 12.0 Å². The predicted molar refractivity (Wildman–Crippen MR) is 78.0 cm³/mol. The summed E-state index contributed by atoms with van der Waals surface area (Å²) in [6.07, 6.45) is 0.772. The Hall–Kier alpha value is -1.45. The van der Waals surface area contributed by atoms with Crippen LogP contribution >= 0.6 is 11.6 Å². The van der Waals surface area contributed by atoms with Crippen LogP contribution in [0, 0.1) is 18.6 Å². The van der Waals surface area contributed by atoms with Gasteiger partial charge in [-0.15, -0.1) is 0 Å². The zero-order chi connectivity index (χ0) is 14.5. The van der Waals surface area contributed by atoms with Crippen LogP contribution in [0.5, 0.6) is 0 Å². The van der Waals surface area contributed by atoms with E-state index in [1.807, 2.05) is 6.92 Å². The van der Waals surface area contributed by atoms with Gasteiger partial charge in [0.15, 0.2) is 0 Å². The summed E-state index contributed by atoms with van der Waals surface area (Å²) in [6.45, 7) is 3.00. The third-order valence-electron chi connectivity index (χ3n) is 3.22. The molecule has 0 aliphatic heterocycles. The van der Waals surface area contributed by atoms with Crippen LogP contribution in [0.15, 0.2) is 36.4 Å². The molecule has 0 radical (unpaired) electrons. The molecule has 4 heteroatoms. The van der Waals surface area contributed by atoms with Crippen LogP contribution in [0.25, 0.3) is 0 Å². The molecule has 20 heavy (non-hydrogen) atoms. The molecule has 0 spiro atoms. The highest BCUT2D eigenvalue weighted by Gasteiger charge is 2.05. The molecule has 0 aliphatic carbocycles. The zero-order valence-corrected chi connectivity index (χ0v) is 12.0. The maximum absolute atomic E-state index is 13.6. The first kappa shape index (κ1) is 14.9. The molecule has 0 unspecified atom stereocenters. The van der Waals surface area contributed by atoms with Gasteiger partial charge in [0.1, 0.15) is 11.6 Å². The number of nitrogens with one attached hydrogen (secondary N) is 1. The summed E-state index contributed by atoms with van der Waals surface area (Å²) in [5, 5.41) is 3.31. The monoisotopic (exact) mass is 295 g/mol. The van der Waals surface area contributed by atoms with Gasteiger partial charge in [0.25, 0.3) is 0 Å². The van der Waals surface area contributed by atoms with E-state index in [1.54, 1.807) is 18.2 Å². The summed E-state index contributed by atoms with van der Waals surface area (Å²) in [6, 6.07) is 9.73. The predicted octanol–water partition coefficient (Wildman–Crippen LogP) is 4.26. The quantitative estimate of drug-likeness (QED) is 0.813. The first-order valence-corrected chi connectivity index (χ1v) is 6.84. The fraction of sp³-hybridized carbons (Fsp3) is 0.250. The number of hydrogen-bond acceptors (Lipinski definition) is 1. The van der Waals surface area contributed by atoms with Crippen molar-refractivity contribution in [2.75, 3.05) is 6.54 Å². The van der Waals surface area contributed by atoms with Crippen molar-refractivity contribution in [2.24, 2.45) is 0 Å². The fourth-order valence-electron chi connectivity index (χ4n) is 2.07. The molecule has 0 aromatic heterocycles. The van der Waals surface area contributed by atoms with Crippen LogP contribution in [0.1, 0.15) is 16.7 Å². The van der Waals surface area contributed by atoms with Gasteiger partial charge in [0, 0.05) is 12.1 Å². The highest BCUT2D eigenvalue weighted by molar-refractivity contribution is 6.30. The molecule has 0 amide bonds. The zero-order valence-electron chi connectivity index (χ0n) is 11.2.